The van der Waals surface area contributed by atoms with E-state index in [-0.39, 0.29) is 0 Å². The molecule has 0 aliphatic rings. The number of thiophene rings is 1. The maximum Gasteiger partial charge on any atom is 0.0938 e. The molecule has 0 bridgehead atoms. The van der Waals surface area contributed by atoms with Gasteiger partial charge in [0.05, 0.1) is 5.00 Å². The van der Waals surface area contributed by atoms with E-state index < -0.39 is 0 Å². The fourth-order valence-corrected chi connectivity index (χ4v) is 2.78. The van der Waals surface area contributed by atoms with E-state index in [9.17, 15) is 0 Å². The van der Waals surface area contributed by atoms with E-state index in [0.29, 0.717) is 6.54 Å². The first-order chi connectivity index (χ1) is 8.20. The highest BCUT2D eigenvalue weighted by Crippen LogP contribution is 2.26. The summed E-state index contributed by atoms with van der Waals surface area (Å²) in [4.78, 5) is 2.29. The lowest BCUT2D eigenvalue weighted by atomic mass is 10.1. The van der Waals surface area contributed by atoms with Crippen molar-refractivity contribution in [1.29, 1.82) is 0 Å². The first-order valence-electron chi connectivity index (χ1n) is 5.74. The van der Waals surface area contributed by atoms with Gasteiger partial charge in [-0.1, -0.05) is 24.3 Å². The third kappa shape index (κ3) is 2.87. The molecule has 2 aromatic rings. The first-order valence-corrected chi connectivity index (χ1v) is 6.62. The molecule has 1 heterocycles. The average Bonchev–Trinajstić information content (AvgIpc) is 2.76. The standard InChI is InChI=1S/C14H18N2S/c1-11-7-8-17-14(11)16(2)10-13-5-3-12(9-15)4-6-13/h3-8H,9-10,15H2,1-2H3. The Morgan fingerprint density at radius 2 is 1.76 bits per heavy atom. The van der Waals surface area contributed by atoms with Gasteiger partial charge < -0.3 is 10.6 Å². The number of anilines is 1. The Hall–Kier alpha value is -1.32. The van der Waals surface area contributed by atoms with E-state index >= 15 is 0 Å². The van der Waals surface area contributed by atoms with Crippen molar-refractivity contribution in [3.8, 4) is 0 Å². The minimum absolute atomic E-state index is 0.611. The molecule has 1 aromatic carbocycles. The van der Waals surface area contributed by atoms with Crippen LogP contribution in [0, 0.1) is 6.92 Å². The predicted octanol–water partition coefficient (Wildman–Crippen LogP) is 3.15. The highest BCUT2D eigenvalue weighted by molar-refractivity contribution is 7.14. The molecular weight excluding hydrogens is 228 g/mol. The van der Waals surface area contributed by atoms with Gasteiger partial charge in [-0.2, -0.15) is 0 Å². The lowest BCUT2D eigenvalue weighted by Crippen LogP contribution is -2.15. The van der Waals surface area contributed by atoms with Crippen LogP contribution in [0.25, 0.3) is 0 Å². The van der Waals surface area contributed by atoms with Gasteiger partial charge in [0.15, 0.2) is 0 Å². The predicted molar refractivity (Wildman–Crippen MR) is 75.5 cm³/mol. The maximum absolute atomic E-state index is 5.59. The normalized spacial score (nSPS) is 10.5. The monoisotopic (exact) mass is 246 g/mol. The third-order valence-electron chi connectivity index (χ3n) is 2.86. The van der Waals surface area contributed by atoms with E-state index in [0.717, 1.165) is 6.54 Å². The van der Waals surface area contributed by atoms with Crippen LogP contribution in [-0.2, 0) is 13.1 Å². The molecule has 0 fully saturated rings. The van der Waals surface area contributed by atoms with Gasteiger partial charge >= 0.3 is 0 Å². The largest absolute Gasteiger partial charge is 0.362 e. The zero-order valence-electron chi connectivity index (χ0n) is 10.3. The Kier molecular flexibility index (Phi) is 3.82. The molecule has 0 spiro atoms. The van der Waals surface area contributed by atoms with E-state index in [1.54, 1.807) is 11.3 Å². The van der Waals surface area contributed by atoms with Crippen molar-refractivity contribution in [2.24, 2.45) is 5.73 Å². The summed E-state index contributed by atoms with van der Waals surface area (Å²) in [5.41, 5.74) is 9.43. The summed E-state index contributed by atoms with van der Waals surface area (Å²) >= 11 is 1.79. The second kappa shape index (κ2) is 5.34. The molecule has 0 unspecified atom stereocenters. The summed E-state index contributed by atoms with van der Waals surface area (Å²) in [5.74, 6) is 0. The van der Waals surface area contributed by atoms with Crippen molar-refractivity contribution >= 4 is 16.3 Å². The molecule has 1 aromatic heterocycles. The van der Waals surface area contributed by atoms with Gasteiger partial charge in [-0.25, -0.2) is 0 Å². The van der Waals surface area contributed by atoms with Crippen molar-refractivity contribution in [3.05, 3.63) is 52.4 Å². The molecule has 0 aliphatic carbocycles. The molecule has 3 heteroatoms. The van der Waals surface area contributed by atoms with Gasteiger partial charge in [0.1, 0.15) is 0 Å². The molecular formula is C14H18N2S. The van der Waals surface area contributed by atoms with Crippen molar-refractivity contribution in [2.45, 2.75) is 20.0 Å². The summed E-state index contributed by atoms with van der Waals surface area (Å²) in [5, 5.41) is 3.48. The van der Waals surface area contributed by atoms with E-state index in [4.69, 9.17) is 5.73 Å². The van der Waals surface area contributed by atoms with Crippen LogP contribution < -0.4 is 10.6 Å². The zero-order valence-corrected chi connectivity index (χ0v) is 11.1. The SMILES string of the molecule is Cc1ccsc1N(C)Cc1ccc(CN)cc1. The van der Waals surface area contributed by atoms with Crippen molar-refractivity contribution in [2.75, 3.05) is 11.9 Å². The number of hydrogen-bond donors (Lipinski definition) is 1. The van der Waals surface area contributed by atoms with Gasteiger partial charge in [-0.05, 0) is 35.1 Å². The summed E-state index contributed by atoms with van der Waals surface area (Å²) in [6.45, 7) is 3.70. The molecule has 2 nitrogen and oxygen atoms in total. The number of nitrogens with zero attached hydrogens (tertiary/aromatic N) is 1. The van der Waals surface area contributed by atoms with Gasteiger partial charge in [0.25, 0.3) is 0 Å². The highest BCUT2D eigenvalue weighted by Gasteiger charge is 2.06. The summed E-state index contributed by atoms with van der Waals surface area (Å²) in [6.07, 6.45) is 0. The Morgan fingerprint density at radius 1 is 1.12 bits per heavy atom. The van der Waals surface area contributed by atoms with Crippen molar-refractivity contribution < 1.29 is 0 Å². The molecule has 0 aliphatic heterocycles. The summed E-state index contributed by atoms with van der Waals surface area (Å²) in [6, 6.07) is 10.7. The fourth-order valence-electron chi connectivity index (χ4n) is 1.88. The quantitative estimate of drug-likeness (QED) is 0.898. The van der Waals surface area contributed by atoms with Crippen LogP contribution >= 0.6 is 11.3 Å². The number of benzene rings is 1. The van der Waals surface area contributed by atoms with Crippen LogP contribution in [0.5, 0.6) is 0 Å². The molecule has 2 N–H and O–H groups in total. The molecule has 0 saturated heterocycles. The number of rotatable bonds is 4. The minimum Gasteiger partial charge on any atom is -0.362 e. The molecule has 0 radical (unpaired) electrons. The Balaban J connectivity index is 2.07. The molecule has 17 heavy (non-hydrogen) atoms. The van der Waals surface area contributed by atoms with Crippen molar-refractivity contribution in [1.82, 2.24) is 0 Å². The molecule has 0 saturated carbocycles. The second-order valence-corrected chi connectivity index (χ2v) is 5.18. The Bertz CT molecular complexity index is 473. The molecule has 2 rings (SSSR count). The minimum atomic E-state index is 0.611. The van der Waals surface area contributed by atoms with Crippen LogP contribution in [0.1, 0.15) is 16.7 Å². The third-order valence-corrected chi connectivity index (χ3v) is 3.99. The van der Waals surface area contributed by atoms with Crippen LogP contribution in [0.2, 0.25) is 0 Å². The zero-order chi connectivity index (χ0) is 12.3. The lowest BCUT2D eigenvalue weighted by Gasteiger charge is -2.18. The van der Waals surface area contributed by atoms with E-state index in [1.165, 1.54) is 21.7 Å². The summed E-state index contributed by atoms with van der Waals surface area (Å²) < 4.78 is 0. The van der Waals surface area contributed by atoms with Gasteiger partial charge in [-0.15, -0.1) is 11.3 Å². The van der Waals surface area contributed by atoms with Crippen LogP contribution in [-0.4, -0.2) is 7.05 Å². The number of hydrogen-bond acceptors (Lipinski definition) is 3. The maximum atomic E-state index is 5.59. The second-order valence-electron chi connectivity index (χ2n) is 4.29. The smallest absolute Gasteiger partial charge is 0.0938 e. The molecule has 90 valence electrons. The van der Waals surface area contributed by atoms with Gasteiger partial charge in [0.2, 0.25) is 0 Å². The Morgan fingerprint density at radius 3 is 2.29 bits per heavy atom. The fraction of sp³-hybridized carbons (Fsp3) is 0.286. The highest BCUT2D eigenvalue weighted by atomic mass is 32.1. The lowest BCUT2D eigenvalue weighted by molar-refractivity contribution is 0.927. The molecule has 0 amide bonds. The van der Waals surface area contributed by atoms with Crippen molar-refractivity contribution in [3.63, 3.8) is 0 Å². The Labute approximate surface area is 107 Å². The van der Waals surface area contributed by atoms with E-state index in [2.05, 4.69) is 54.6 Å². The average molecular weight is 246 g/mol. The van der Waals surface area contributed by atoms with Gasteiger partial charge in [-0.3, -0.25) is 0 Å². The summed E-state index contributed by atoms with van der Waals surface area (Å²) in [7, 11) is 2.13. The van der Waals surface area contributed by atoms with E-state index in [1.807, 2.05) is 0 Å². The number of nitrogens with two attached hydrogens (primary N) is 1. The van der Waals surface area contributed by atoms with Crippen LogP contribution in [0.15, 0.2) is 35.7 Å². The topological polar surface area (TPSA) is 29.3 Å². The number of aryl methyl sites for hydroxylation is 1. The first kappa shape index (κ1) is 12.1. The molecule has 0 atom stereocenters. The van der Waals surface area contributed by atoms with Gasteiger partial charge in [0, 0.05) is 20.1 Å². The van der Waals surface area contributed by atoms with Crippen LogP contribution in [0.4, 0.5) is 5.00 Å². The van der Waals surface area contributed by atoms with Crippen LogP contribution in [0.3, 0.4) is 0 Å².